The minimum Gasteiger partial charge on any atom is -0.490 e. The summed E-state index contributed by atoms with van der Waals surface area (Å²) < 4.78 is 5.79. The topological polar surface area (TPSA) is 59.1 Å². The fraction of sp³-hybridized carbons (Fsp3) is 0.462. The highest BCUT2D eigenvalue weighted by Gasteiger charge is 2.14. The quantitative estimate of drug-likeness (QED) is 0.625. The molecule has 94 valence electrons. The third-order valence-corrected chi connectivity index (χ3v) is 2.69. The lowest BCUT2D eigenvalue weighted by atomic mass is 10.1. The number of hydrogen-bond donors (Lipinski definition) is 2. The number of nitrogens with two attached hydrogens (primary N) is 1. The van der Waals surface area contributed by atoms with Crippen LogP contribution in [0.4, 0.5) is 0 Å². The molecular weight excluding hydrogens is 236 g/mol. The summed E-state index contributed by atoms with van der Waals surface area (Å²) in [5.74, 6) is 1.07. The first-order valence-corrected chi connectivity index (χ1v) is 6.09. The molecule has 0 bridgehead atoms. The Morgan fingerprint density at radius 1 is 1.41 bits per heavy atom. The molecule has 0 aliphatic heterocycles. The van der Waals surface area contributed by atoms with Crippen LogP contribution in [0.25, 0.3) is 0 Å². The Labute approximate surface area is 107 Å². The first-order valence-electron chi connectivity index (χ1n) is 5.71. The van der Waals surface area contributed by atoms with E-state index < -0.39 is 0 Å². The molecule has 0 aliphatic rings. The summed E-state index contributed by atoms with van der Waals surface area (Å²) in [5.41, 5.74) is 5.99. The van der Waals surface area contributed by atoms with Gasteiger partial charge < -0.3 is 10.5 Å². The standard InChI is InChI=1S/C13H19ClN2O/c1-8(2)7-9(3)17-11-6-4-5-10(14)12(11)13(15)16/h4-6,8-9H,7H2,1-3H3,(H3,15,16). The second kappa shape index (κ2) is 5.92. The maximum absolute atomic E-state index is 7.52. The van der Waals surface area contributed by atoms with Gasteiger partial charge in [0.15, 0.2) is 0 Å². The van der Waals surface area contributed by atoms with E-state index >= 15 is 0 Å². The van der Waals surface area contributed by atoms with Crippen molar-refractivity contribution in [3.05, 3.63) is 28.8 Å². The average Bonchev–Trinajstić information content (AvgIpc) is 2.15. The van der Waals surface area contributed by atoms with Crippen LogP contribution in [-0.2, 0) is 0 Å². The van der Waals surface area contributed by atoms with Crippen LogP contribution in [0.15, 0.2) is 18.2 Å². The molecule has 0 aromatic heterocycles. The molecule has 4 heteroatoms. The van der Waals surface area contributed by atoms with Crippen molar-refractivity contribution in [2.75, 3.05) is 0 Å². The predicted molar refractivity (Wildman–Crippen MR) is 72.0 cm³/mol. The fourth-order valence-electron chi connectivity index (χ4n) is 1.79. The van der Waals surface area contributed by atoms with E-state index in [9.17, 15) is 0 Å². The SMILES string of the molecule is CC(C)CC(C)Oc1cccc(Cl)c1C(=N)N. The van der Waals surface area contributed by atoms with Crippen LogP contribution in [0, 0.1) is 11.3 Å². The molecule has 0 aliphatic carbocycles. The zero-order valence-electron chi connectivity index (χ0n) is 10.5. The fourth-order valence-corrected chi connectivity index (χ4v) is 2.06. The number of hydrogen-bond acceptors (Lipinski definition) is 2. The third kappa shape index (κ3) is 3.93. The normalized spacial score (nSPS) is 12.5. The largest absolute Gasteiger partial charge is 0.490 e. The summed E-state index contributed by atoms with van der Waals surface area (Å²) in [5, 5.41) is 7.97. The van der Waals surface area contributed by atoms with Crippen molar-refractivity contribution in [3.8, 4) is 5.75 Å². The summed E-state index contributed by atoms with van der Waals surface area (Å²) in [6, 6.07) is 5.30. The molecule has 1 aromatic rings. The molecule has 0 radical (unpaired) electrons. The molecule has 0 saturated heterocycles. The first-order chi connectivity index (χ1) is 7.91. The molecule has 3 N–H and O–H groups in total. The van der Waals surface area contributed by atoms with E-state index in [4.69, 9.17) is 27.5 Å². The Kier molecular flexibility index (Phi) is 4.82. The van der Waals surface area contributed by atoms with Gasteiger partial charge in [-0.3, -0.25) is 5.41 Å². The molecule has 1 unspecified atom stereocenters. The molecule has 0 heterocycles. The van der Waals surface area contributed by atoms with E-state index in [1.54, 1.807) is 18.2 Å². The van der Waals surface area contributed by atoms with Crippen molar-refractivity contribution in [3.63, 3.8) is 0 Å². The number of benzene rings is 1. The highest BCUT2D eigenvalue weighted by molar-refractivity contribution is 6.34. The number of nitrogens with one attached hydrogen (secondary N) is 1. The van der Waals surface area contributed by atoms with Gasteiger partial charge in [0.05, 0.1) is 16.7 Å². The van der Waals surface area contributed by atoms with Gasteiger partial charge >= 0.3 is 0 Å². The molecule has 0 fully saturated rings. The minimum atomic E-state index is -0.0673. The Morgan fingerprint density at radius 2 is 2.06 bits per heavy atom. The summed E-state index contributed by atoms with van der Waals surface area (Å²) in [6.45, 7) is 6.29. The molecule has 3 nitrogen and oxygen atoms in total. The van der Waals surface area contributed by atoms with Crippen molar-refractivity contribution in [1.82, 2.24) is 0 Å². The van der Waals surface area contributed by atoms with E-state index in [1.807, 2.05) is 6.92 Å². The Balaban J connectivity index is 2.91. The number of halogens is 1. The van der Waals surface area contributed by atoms with E-state index in [-0.39, 0.29) is 11.9 Å². The minimum absolute atomic E-state index is 0.0673. The summed E-state index contributed by atoms with van der Waals surface area (Å²) in [4.78, 5) is 0. The van der Waals surface area contributed by atoms with Gasteiger partial charge in [-0.05, 0) is 31.4 Å². The second-order valence-electron chi connectivity index (χ2n) is 4.58. The van der Waals surface area contributed by atoms with Crippen LogP contribution in [0.3, 0.4) is 0 Å². The van der Waals surface area contributed by atoms with Crippen molar-refractivity contribution < 1.29 is 4.74 Å². The van der Waals surface area contributed by atoms with Gasteiger partial charge in [0, 0.05) is 0 Å². The molecule has 1 aromatic carbocycles. The van der Waals surface area contributed by atoms with Gasteiger partial charge in [-0.15, -0.1) is 0 Å². The van der Waals surface area contributed by atoms with Crippen LogP contribution in [0.2, 0.25) is 5.02 Å². The van der Waals surface area contributed by atoms with Gasteiger partial charge in [-0.2, -0.15) is 0 Å². The summed E-state index contributed by atoms with van der Waals surface area (Å²) in [7, 11) is 0. The van der Waals surface area contributed by atoms with Crippen LogP contribution in [0.5, 0.6) is 5.75 Å². The maximum atomic E-state index is 7.52. The monoisotopic (exact) mass is 254 g/mol. The van der Waals surface area contributed by atoms with Gasteiger partial charge in [0.25, 0.3) is 0 Å². The van der Waals surface area contributed by atoms with E-state index in [2.05, 4.69) is 13.8 Å². The highest BCUT2D eigenvalue weighted by atomic mass is 35.5. The van der Waals surface area contributed by atoms with E-state index in [0.29, 0.717) is 22.3 Å². The van der Waals surface area contributed by atoms with Crippen LogP contribution in [0.1, 0.15) is 32.8 Å². The molecule has 1 atom stereocenters. The highest BCUT2D eigenvalue weighted by Crippen LogP contribution is 2.27. The smallest absolute Gasteiger partial charge is 0.132 e. The van der Waals surface area contributed by atoms with Crippen LogP contribution >= 0.6 is 11.6 Å². The molecule has 0 amide bonds. The Hall–Kier alpha value is -1.22. The first kappa shape index (κ1) is 13.8. The average molecular weight is 255 g/mol. The van der Waals surface area contributed by atoms with E-state index in [1.165, 1.54) is 0 Å². The zero-order chi connectivity index (χ0) is 13.0. The van der Waals surface area contributed by atoms with Crippen LogP contribution < -0.4 is 10.5 Å². The summed E-state index contributed by atoms with van der Waals surface area (Å²) in [6.07, 6.45) is 1.02. The molecule has 1 rings (SSSR count). The van der Waals surface area contributed by atoms with E-state index in [0.717, 1.165) is 6.42 Å². The number of ether oxygens (including phenoxy) is 1. The van der Waals surface area contributed by atoms with Crippen molar-refractivity contribution >= 4 is 17.4 Å². The molecule has 0 saturated carbocycles. The van der Waals surface area contributed by atoms with Gasteiger partial charge in [-0.25, -0.2) is 0 Å². The molecular formula is C13H19ClN2O. The van der Waals surface area contributed by atoms with Crippen molar-refractivity contribution in [1.29, 1.82) is 5.41 Å². The lowest BCUT2D eigenvalue weighted by Crippen LogP contribution is -2.19. The molecule has 17 heavy (non-hydrogen) atoms. The predicted octanol–water partition coefficient (Wildman–Crippen LogP) is 3.44. The lowest BCUT2D eigenvalue weighted by Gasteiger charge is -2.19. The molecule has 0 spiro atoms. The van der Waals surface area contributed by atoms with Crippen molar-refractivity contribution in [2.45, 2.75) is 33.3 Å². The second-order valence-corrected chi connectivity index (χ2v) is 4.99. The zero-order valence-corrected chi connectivity index (χ0v) is 11.2. The number of amidine groups is 1. The van der Waals surface area contributed by atoms with Crippen molar-refractivity contribution in [2.24, 2.45) is 11.7 Å². The summed E-state index contributed by atoms with van der Waals surface area (Å²) >= 11 is 6.01. The maximum Gasteiger partial charge on any atom is 0.132 e. The van der Waals surface area contributed by atoms with Gasteiger partial charge in [0.2, 0.25) is 0 Å². The third-order valence-electron chi connectivity index (χ3n) is 2.38. The lowest BCUT2D eigenvalue weighted by molar-refractivity contribution is 0.193. The Bertz CT molecular complexity index is 404. The van der Waals surface area contributed by atoms with Gasteiger partial charge in [0.1, 0.15) is 11.6 Å². The number of rotatable bonds is 5. The Morgan fingerprint density at radius 3 is 2.59 bits per heavy atom. The van der Waals surface area contributed by atoms with Gasteiger partial charge in [-0.1, -0.05) is 31.5 Å². The number of nitrogen functional groups attached to an aromatic ring is 1. The van der Waals surface area contributed by atoms with Crippen LogP contribution in [-0.4, -0.2) is 11.9 Å².